The maximum absolute atomic E-state index is 12.5. The molecule has 0 fully saturated rings. The van der Waals surface area contributed by atoms with Gasteiger partial charge in [-0.25, -0.2) is 15.0 Å². The molecular weight excluding hydrogens is 306 g/mol. The zero-order chi connectivity index (χ0) is 17.4. The summed E-state index contributed by atoms with van der Waals surface area (Å²) in [4.78, 5) is 30.5. The third-order valence-corrected chi connectivity index (χ3v) is 4.05. The topological polar surface area (TPSA) is 91.7 Å². The molecule has 0 bridgehead atoms. The van der Waals surface area contributed by atoms with Gasteiger partial charge in [0.15, 0.2) is 0 Å². The number of nitrogens with zero attached hydrogens (tertiary/aromatic N) is 5. The standard InChI is InChI=1S/C16H21N7O/c1-9-10(2)21-13(20-9)7-17-16(24)12-6-11-14(22(3)4)18-8-19-15(11)23(12)5/h6,8H,7H2,1-5H3,(H,17,24)(H,20,21). The van der Waals surface area contributed by atoms with E-state index in [9.17, 15) is 4.79 Å². The van der Waals surface area contributed by atoms with E-state index in [1.54, 1.807) is 4.57 Å². The largest absolute Gasteiger partial charge is 0.362 e. The molecule has 8 heteroatoms. The molecule has 3 aromatic rings. The molecule has 8 nitrogen and oxygen atoms in total. The molecule has 126 valence electrons. The Bertz CT molecular complexity index is 887. The van der Waals surface area contributed by atoms with Crippen molar-refractivity contribution in [2.24, 2.45) is 7.05 Å². The molecule has 3 aromatic heterocycles. The number of aromatic amines is 1. The van der Waals surface area contributed by atoms with E-state index in [0.29, 0.717) is 12.2 Å². The average molecular weight is 327 g/mol. The highest BCUT2D eigenvalue weighted by molar-refractivity contribution is 6.00. The lowest BCUT2D eigenvalue weighted by atomic mass is 10.3. The van der Waals surface area contributed by atoms with Crippen molar-refractivity contribution in [2.75, 3.05) is 19.0 Å². The molecule has 1 amide bonds. The Morgan fingerprint density at radius 3 is 2.71 bits per heavy atom. The average Bonchev–Trinajstić information content (AvgIpc) is 3.05. The van der Waals surface area contributed by atoms with Gasteiger partial charge in [0, 0.05) is 26.8 Å². The number of rotatable bonds is 4. The highest BCUT2D eigenvalue weighted by Gasteiger charge is 2.17. The summed E-state index contributed by atoms with van der Waals surface area (Å²) in [6.07, 6.45) is 1.51. The molecule has 3 rings (SSSR count). The van der Waals surface area contributed by atoms with Crippen molar-refractivity contribution in [3.63, 3.8) is 0 Å². The van der Waals surface area contributed by atoms with Crippen molar-refractivity contribution in [1.82, 2.24) is 29.8 Å². The minimum Gasteiger partial charge on any atom is -0.362 e. The summed E-state index contributed by atoms with van der Waals surface area (Å²) in [5.41, 5.74) is 3.21. The number of nitrogens with one attached hydrogen (secondary N) is 2. The Hall–Kier alpha value is -2.90. The van der Waals surface area contributed by atoms with Crippen LogP contribution in [-0.4, -0.2) is 44.5 Å². The number of fused-ring (bicyclic) bond motifs is 1. The summed E-state index contributed by atoms with van der Waals surface area (Å²) in [6.45, 7) is 4.24. The summed E-state index contributed by atoms with van der Waals surface area (Å²) in [6, 6.07) is 1.82. The lowest BCUT2D eigenvalue weighted by molar-refractivity contribution is 0.0942. The number of H-pyrrole nitrogens is 1. The Morgan fingerprint density at radius 2 is 2.08 bits per heavy atom. The highest BCUT2D eigenvalue weighted by atomic mass is 16.1. The van der Waals surface area contributed by atoms with Crippen molar-refractivity contribution in [2.45, 2.75) is 20.4 Å². The summed E-state index contributed by atoms with van der Waals surface area (Å²) < 4.78 is 1.78. The van der Waals surface area contributed by atoms with Crippen LogP contribution in [0.3, 0.4) is 0 Å². The van der Waals surface area contributed by atoms with Crippen LogP contribution in [0.5, 0.6) is 0 Å². The number of carbonyl (C=O) groups is 1. The van der Waals surface area contributed by atoms with Crippen molar-refractivity contribution >= 4 is 22.8 Å². The molecule has 0 aromatic carbocycles. The van der Waals surface area contributed by atoms with Crippen LogP contribution in [0.1, 0.15) is 27.7 Å². The third kappa shape index (κ3) is 2.70. The Morgan fingerprint density at radius 1 is 1.33 bits per heavy atom. The third-order valence-electron chi connectivity index (χ3n) is 4.05. The van der Waals surface area contributed by atoms with Crippen LogP contribution < -0.4 is 10.2 Å². The molecule has 0 radical (unpaired) electrons. The van der Waals surface area contributed by atoms with E-state index in [0.717, 1.165) is 34.1 Å². The lowest BCUT2D eigenvalue weighted by Crippen LogP contribution is -2.25. The van der Waals surface area contributed by atoms with Crippen molar-refractivity contribution < 1.29 is 4.79 Å². The first kappa shape index (κ1) is 16.0. The molecule has 0 aliphatic rings. The van der Waals surface area contributed by atoms with Crippen molar-refractivity contribution in [3.8, 4) is 0 Å². The molecule has 0 spiro atoms. The highest BCUT2D eigenvalue weighted by Crippen LogP contribution is 2.24. The van der Waals surface area contributed by atoms with E-state index < -0.39 is 0 Å². The predicted molar refractivity (Wildman–Crippen MR) is 92.1 cm³/mol. The van der Waals surface area contributed by atoms with Crippen LogP contribution in [0.25, 0.3) is 11.0 Å². The number of imidazole rings is 1. The van der Waals surface area contributed by atoms with Crippen LogP contribution in [0.4, 0.5) is 5.82 Å². The fourth-order valence-electron chi connectivity index (χ4n) is 2.65. The van der Waals surface area contributed by atoms with Gasteiger partial charge in [0.25, 0.3) is 5.91 Å². The molecule has 0 saturated heterocycles. The summed E-state index contributed by atoms with van der Waals surface area (Å²) in [5, 5.41) is 3.74. The number of carbonyl (C=O) groups excluding carboxylic acids is 1. The number of amides is 1. The Balaban J connectivity index is 1.87. The van der Waals surface area contributed by atoms with E-state index in [1.165, 1.54) is 6.33 Å². The molecule has 2 N–H and O–H groups in total. The predicted octanol–water partition coefficient (Wildman–Crippen LogP) is 1.30. The summed E-state index contributed by atoms with van der Waals surface area (Å²) >= 11 is 0. The van der Waals surface area contributed by atoms with Gasteiger partial charge in [0.05, 0.1) is 17.6 Å². The monoisotopic (exact) mass is 327 g/mol. The van der Waals surface area contributed by atoms with E-state index in [-0.39, 0.29) is 5.91 Å². The van der Waals surface area contributed by atoms with Gasteiger partial charge in [-0.05, 0) is 19.9 Å². The van der Waals surface area contributed by atoms with E-state index in [2.05, 4.69) is 25.3 Å². The van der Waals surface area contributed by atoms with E-state index in [4.69, 9.17) is 0 Å². The first-order valence-corrected chi connectivity index (χ1v) is 7.66. The maximum Gasteiger partial charge on any atom is 0.268 e. The van der Waals surface area contributed by atoms with Crippen molar-refractivity contribution in [1.29, 1.82) is 0 Å². The second-order valence-corrected chi connectivity index (χ2v) is 5.99. The number of aromatic nitrogens is 5. The lowest BCUT2D eigenvalue weighted by Gasteiger charge is -2.11. The Kier molecular flexibility index (Phi) is 3.96. The van der Waals surface area contributed by atoms with Crippen LogP contribution in [-0.2, 0) is 13.6 Å². The van der Waals surface area contributed by atoms with Crippen LogP contribution >= 0.6 is 0 Å². The van der Waals surface area contributed by atoms with E-state index in [1.807, 2.05) is 46.0 Å². The van der Waals surface area contributed by atoms with Crippen LogP contribution in [0, 0.1) is 13.8 Å². The first-order valence-electron chi connectivity index (χ1n) is 7.66. The second-order valence-electron chi connectivity index (χ2n) is 5.99. The van der Waals surface area contributed by atoms with Gasteiger partial charge < -0.3 is 19.8 Å². The molecule has 0 aliphatic carbocycles. The number of hydrogen-bond donors (Lipinski definition) is 2. The zero-order valence-corrected chi connectivity index (χ0v) is 14.5. The fourth-order valence-corrected chi connectivity index (χ4v) is 2.65. The van der Waals surface area contributed by atoms with Crippen LogP contribution in [0.15, 0.2) is 12.4 Å². The number of aryl methyl sites for hydroxylation is 3. The number of hydrogen-bond acceptors (Lipinski definition) is 5. The molecule has 24 heavy (non-hydrogen) atoms. The van der Waals surface area contributed by atoms with Gasteiger partial charge in [0.1, 0.15) is 29.3 Å². The summed E-state index contributed by atoms with van der Waals surface area (Å²) in [7, 11) is 5.65. The van der Waals surface area contributed by atoms with E-state index >= 15 is 0 Å². The van der Waals surface area contributed by atoms with Gasteiger partial charge in [-0.15, -0.1) is 0 Å². The quantitative estimate of drug-likeness (QED) is 0.754. The zero-order valence-electron chi connectivity index (χ0n) is 14.5. The molecule has 0 saturated carbocycles. The second kappa shape index (κ2) is 5.95. The minimum atomic E-state index is -0.174. The smallest absolute Gasteiger partial charge is 0.268 e. The van der Waals surface area contributed by atoms with Crippen LogP contribution in [0.2, 0.25) is 0 Å². The molecular formula is C16H21N7O. The number of anilines is 1. The molecule has 3 heterocycles. The Labute approximate surface area is 139 Å². The molecule has 0 atom stereocenters. The first-order chi connectivity index (χ1) is 11.4. The van der Waals surface area contributed by atoms with Crippen molar-refractivity contribution in [3.05, 3.63) is 35.3 Å². The van der Waals surface area contributed by atoms with Gasteiger partial charge in [-0.2, -0.15) is 0 Å². The fraction of sp³-hybridized carbons (Fsp3) is 0.375. The molecule has 0 aliphatic heterocycles. The molecule has 0 unspecified atom stereocenters. The van der Waals surface area contributed by atoms with Gasteiger partial charge in [0.2, 0.25) is 0 Å². The SMILES string of the molecule is Cc1nc(CNC(=O)c2cc3c(N(C)C)ncnc3n2C)[nH]c1C. The van der Waals surface area contributed by atoms with Gasteiger partial charge in [-0.3, -0.25) is 4.79 Å². The maximum atomic E-state index is 12.5. The minimum absolute atomic E-state index is 0.174. The normalized spacial score (nSPS) is 11.0. The summed E-state index contributed by atoms with van der Waals surface area (Å²) in [5.74, 6) is 1.35. The van der Waals surface area contributed by atoms with Gasteiger partial charge >= 0.3 is 0 Å². The van der Waals surface area contributed by atoms with Gasteiger partial charge in [-0.1, -0.05) is 0 Å².